The number of benzene rings is 1. The molecule has 1 unspecified atom stereocenters. The third kappa shape index (κ3) is 4.33. The Balaban J connectivity index is 1.82. The van der Waals surface area contributed by atoms with Crippen LogP contribution in [0.4, 0.5) is 0 Å². The Bertz CT molecular complexity index is 408. The lowest BCUT2D eigenvalue weighted by Gasteiger charge is -2.32. The first-order chi connectivity index (χ1) is 9.15. The van der Waals surface area contributed by atoms with Crippen molar-refractivity contribution in [3.8, 4) is 0 Å². The molecule has 2 rings (SSSR count). The summed E-state index contributed by atoms with van der Waals surface area (Å²) in [5.74, 6) is 0.142. The predicted molar refractivity (Wildman–Crippen MR) is 75.0 cm³/mol. The van der Waals surface area contributed by atoms with E-state index in [9.17, 15) is 4.79 Å². The maximum atomic E-state index is 12.1. The van der Waals surface area contributed by atoms with Crippen molar-refractivity contribution in [3.05, 3.63) is 35.9 Å². The summed E-state index contributed by atoms with van der Waals surface area (Å²) in [4.78, 5) is 16.1. The Morgan fingerprint density at radius 2 is 2.16 bits per heavy atom. The van der Waals surface area contributed by atoms with Crippen LogP contribution in [0.25, 0.3) is 0 Å². The van der Waals surface area contributed by atoms with Gasteiger partial charge in [-0.15, -0.1) is 0 Å². The van der Waals surface area contributed by atoms with Gasteiger partial charge in [-0.05, 0) is 12.6 Å². The van der Waals surface area contributed by atoms with Gasteiger partial charge in [-0.2, -0.15) is 0 Å². The molecule has 0 saturated carbocycles. The molecule has 0 N–H and O–H groups in total. The molecular formula is C15H22N2O2. The minimum absolute atomic E-state index is 0.128. The Morgan fingerprint density at radius 3 is 2.84 bits per heavy atom. The third-order valence-electron chi connectivity index (χ3n) is 3.44. The molecule has 4 nitrogen and oxygen atoms in total. The van der Waals surface area contributed by atoms with Gasteiger partial charge in [0, 0.05) is 26.7 Å². The van der Waals surface area contributed by atoms with Gasteiger partial charge in [0.15, 0.2) is 0 Å². The summed E-state index contributed by atoms with van der Waals surface area (Å²) in [6, 6.07) is 9.85. The zero-order valence-corrected chi connectivity index (χ0v) is 11.7. The third-order valence-corrected chi connectivity index (χ3v) is 3.44. The van der Waals surface area contributed by atoms with E-state index < -0.39 is 0 Å². The number of morpholine rings is 1. The van der Waals surface area contributed by atoms with Gasteiger partial charge in [-0.3, -0.25) is 4.79 Å². The second kappa shape index (κ2) is 6.68. The second-order valence-corrected chi connectivity index (χ2v) is 5.19. The lowest BCUT2D eigenvalue weighted by molar-refractivity contribution is -0.132. The standard InChI is InChI=1S/C15H22N2O2/c1-16-8-9-19-14(11-16)12-17(2)15(18)10-13-6-4-3-5-7-13/h3-7,14H,8-12H2,1-2H3. The highest BCUT2D eigenvalue weighted by atomic mass is 16.5. The number of amides is 1. The molecule has 1 aromatic carbocycles. The van der Waals surface area contributed by atoms with Gasteiger partial charge in [-0.25, -0.2) is 0 Å². The molecule has 1 fully saturated rings. The molecule has 0 aliphatic carbocycles. The summed E-state index contributed by atoms with van der Waals surface area (Å²) in [5.41, 5.74) is 1.06. The Morgan fingerprint density at radius 1 is 1.42 bits per heavy atom. The molecular weight excluding hydrogens is 240 g/mol. The number of hydrogen-bond acceptors (Lipinski definition) is 3. The van der Waals surface area contributed by atoms with Crippen LogP contribution in [-0.4, -0.2) is 62.1 Å². The van der Waals surface area contributed by atoms with Crippen LogP contribution in [0.5, 0.6) is 0 Å². The van der Waals surface area contributed by atoms with Crippen LogP contribution in [0.15, 0.2) is 30.3 Å². The lowest BCUT2D eigenvalue weighted by Crippen LogP contribution is -2.46. The van der Waals surface area contributed by atoms with E-state index in [1.54, 1.807) is 4.90 Å². The van der Waals surface area contributed by atoms with Crippen LogP contribution < -0.4 is 0 Å². The average Bonchev–Trinajstić information content (AvgIpc) is 2.40. The van der Waals surface area contributed by atoms with Crippen molar-refractivity contribution in [2.75, 3.05) is 40.3 Å². The zero-order chi connectivity index (χ0) is 13.7. The molecule has 1 saturated heterocycles. The number of nitrogens with zero attached hydrogens (tertiary/aromatic N) is 2. The quantitative estimate of drug-likeness (QED) is 0.812. The number of carbonyl (C=O) groups is 1. The second-order valence-electron chi connectivity index (χ2n) is 5.19. The predicted octanol–water partition coefficient (Wildman–Crippen LogP) is 1.02. The van der Waals surface area contributed by atoms with Gasteiger partial charge in [0.1, 0.15) is 0 Å². The van der Waals surface area contributed by atoms with Crippen LogP contribution in [0.2, 0.25) is 0 Å². The highest BCUT2D eigenvalue weighted by Gasteiger charge is 2.21. The first-order valence-electron chi connectivity index (χ1n) is 6.73. The maximum absolute atomic E-state index is 12.1. The molecule has 1 amide bonds. The molecule has 1 aromatic rings. The molecule has 0 bridgehead atoms. The average molecular weight is 262 g/mol. The summed E-state index contributed by atoms with van der Waals surface area (Å²) < 4.78 is 5.68. The van der Waals surface area contributed by atoms with Crippen LogP contribution in [0.3, 0.4) is 0 Å². The van der Waals surface area contributed by atoms with E-state index in [-0.39, 0.29) is 12.0 Å². The molecule has 1 aliphatic rings. The molecule has 19 heavy (non-hydrogen) atoms. The van der Waals surface area contributed by atoms with Gasteiger partial charge in [0.05, 0.1) is 19.1 Å². The molecule has 0 spiro atoms. The zero-order valence-electron chi connectivity index (χ0n) is 11.7. The molecule has 1 heterocycles. The van der Waals surface area contributed by atoms with Crippen LogP contribution in [0, 0.1) is 0 Å². The van der Waals surface area contributed by atoms with E-state index in [0.717, 1.165) is 25.3 Å². The fourth-order valence-electron chi connectivity index (χ4n) is 2.29. The smallest absolute Gasteiger partial charge is 0.226 e. The molecule has 4 heteroatoms. The SMILES string of the molecule is CN1CCOC(CN(C)C(=O)Cc2ccccc2)C1. The highest BCUT2D eigenvalue weighted by molar-refractivity contribution is 5.78. The largest absolute Gasteiger partial charge is 0.374 e. The van der Waals surface area contributed by atoms with Gasteiger partial charge in [0.25, 0.3) is 0 Å². The number of rotatable bonds is 4. The van der Waals surface area contributed by atoms with Crippen LogP contribution in [-0.2, 0) is 16.0 Å². The highest BCUT2D eigenvalue weighted by Crippen LogP contribution is 2.07. The van der Waals surface area contributed by atoms with Gasteiger partial charge in [0.2, 0.25) is 5.91 Å². The minimum atomic E-state index is 0.128. The van der Waals surface area contributed by atoms with Crippen LogP contribution in [0.1, 0.15) is 5.56 Å². The number of likely N-dealkylation sites (N-methyl/N-ethyl adjacent to an activating group) is 2. The monoisotopic (exact) mass is 262 g/mol. The molecule has 0 radical (unpaired) electrons. The van der Waals surface area contributed by atoms with Crippen molar-refractivity contribution in [1.29, 1.82) is 0 Å². The lowest BCUT2D eigenvalue weighted by atomic mass is 10.1. The van der Waals surface area contributed by atoms with Crippen molar-refractivity contribution in [2.45, 2.75) is 12.5 Å². The number of carbonyl (C=O) groups excluding carboxylic acids is 1. The van der Waals surface area contributed by atoms with Crippen LogP contribution >= 0.6 is 0 Å². The summed E-state index contributed by atoms with van der Waals surface area (Å²) in [6.07, 6.45) is 0.586. The Hall–Kier alpha value is -1.39. The summed E-state index contributed by atoms with van der Waals surface area (Å²) in [6.45, 7) is 3.28. The van der Waals surface area contributed by atoms with E-state index in [0.29, 0.717) is 13.0 Å². The molecule has 1 aliphatic heterocycles. The maximum Gasteiger partial charge on any atom is 0.226 e. The van der Waals surface area contributed by atoms with E-state index in [1.807, 2.05) is 37.4 Å². The van der Waals surface area contributed by atoms with E-state index in [4.69, 9.17) is 4.74 Å². The molecule has 0 aromatic heterocycles. The first-order valence-corrected chi connectivity index (χ1v) is 6.73. The Kier molecular flexibility index (Phi) is 4.93. The minimum Gasteiger partial charge on any atom is -0.374 e. The first kappa shape index (κ1) is 14.0. The van der Waals surface area contributed by atoms with Crippen molar-refractivity contribution in [3.63, 3.8) is 0 Å². The summed E-state index contributed by atoms with van der Waals surface area (Å²) >= 11 is 0. The van der Waals surface area contributed by atoms with Crippen molar-refractivity contribution >= 4 is 5.91 Å². The van der Waals surface area contributed by atoms with Crippen molar-refractivity contribution < 1.29 is 9.53 Å². The normalized spacial score (nSPS) is 20.2. The van der Waals surface area contributed by atoms with E-state index in [2.05, 4.69) is 11.9 Å². The number of hydrogen-bond donors (Lipinski definition) is 0. The molecule has 104 valence electrons. The van der Waals surface area contributed by atoms with Crippen molar-refractivity contribution in [1.82, 2.24) is 9.80 Å². The molecule has 1 atom stereocenters. The summed E-state index contributed by atoms with van der Waals surface area (Å²) in [5, 5.41) is 0. The fourth-order valence-corrected chi connectivity index (χ4v) is 2.29. The van der Waals surface area contributed by atoms with Gasteiger partial charge >= 0.3 is 0 Å². The number of ether oxygens (including phenoxy) is 1. The summed E-state index contributed by atoms with van der Waals surface area (Å²) in [7, 11) is 3.94. The topological polar surface area (TPSA) is 32.8 Å². The van der Waals surface area contributed by atoms with E-state index in [1.165, 1.54) is 0 Å². The van der Waals surface area contributed by atoms with Crippen molar-refractivity contribution in [2.24, 2.45) is 0 Å². The fraction of sp³-hybridized carbons (Fsp3) is 0.533. The van der Waals surface area contributed by atoms with E-state index >= 15 is 0 Å². The van der Waals surface area contributed by atoms with Gasteiger partial charge in [-0.1, -0.05) is 30.3 Å². The Labute approximate surface area is 115 Å². The van der Waals surface area contributed by atoms with Gasteiger partial charge < -0.3 is 14.5 Å².